The van der Waals surface area contributed by atoms with Gasteiger partial charge >= 0.3 is 0 Å². The highest BCUT2D eigenvalue weighted by molar-refractivity contribution is 9.10. The summed E-state index contributed by atoms with van der Waals surface area (Å²) in [6.45, 7) is 1.83. The Morgan fingerprint density at radius 2 is 1.71 bits per heavy atom. The fourth-order valence-corrected chi connectivity index (χ4v) is 4.68. The number of nitrogen functional groups attached to an aromatic ring is 1. The molecule has 0 saturated carbocycles. The van der Waals surface area contributed by atoms with E-state index in [4.69, 9.17) is 28.9 Å². The molecule has 0 aliphatic rings. The molecule has 2 aromatic rings. The highest BCUT2D eigenvalue weighted by Crippen LogP contribution is 2.34. The van der Waals surface area contributed by atoms with E-state index in [1.165, 1.54) is 18.2 Å². The third-order valence-corrected chi connectivity index (χ3v) is 5.52. The lowest BCUT2D eigenvalue weighted by molar-refractivity contribution is 0.601. The molecule has 0 unspecified atom stereocenters. The number of nitrogens with one attached hydrogen (secondary N) is 1. The maximum atomic E-state index is 12.4. The van der Waals surface area contributed by atoms with Gasteiger partial charge in [0, 0.05) is 10.2 Å². The monoisotopic (exact) mass is 408 g/mol. The number of hydrogen-bond acceptors (Lipinski definition) is 3. The van der Waals surface area contributed by atoms with E-state index in [0.717, 1.165) is 5.56 Å². The molecule has 3 N–H and O–H groups in total. The van der Waals surface area contributed by atoms with Gasteiger partial charge in [-0.15, -0.1) is 0 Å². The van der Waals surface area contributed by atoms with Gasteiger partial charge in [-0.1, -0.05) is 45.2 Å². The van der Waals surface area contributed by atoms with Crippen molar-refractivity contribution in [3.8, 4) is 0 Å². The van der Waals surface area contributed by atoms with Gasteiger partial charge in [-0.3, -0.25) is 4.72 Å². The van der Waals surface area contributed by atoms with Crippen LogP contribution >= 0.6 is 39.1 Å². The van der Waals surface area contributed by atoms with Gasteiger partial charge in [0.1, 0.15) is 4.90 Å². The molecule has 0 aliphatic carbocycles. The maximum Gasteiger partial charge on any atom is 0.264 e. The van der Waals surface area contributed by atoms with Crippen LogP contribution in [0.3, 0.4) is 0 Å². The average molecular weight is 410 g/mol. The first-order chi connectivity index (χ1) is 9.70. The molecular formula is C13H11BrCl2N2O2S. The predicted octanol–water partition coefficient (Wildman–Crippen LogP) is 4.45. The molecule has 0 bridgehead atoms. The second-order valence-electron chi connectivity index (χ2n) is 4.38. The Morgan fingerprint density at radius 3 is 2.24 bits per heavy atom. The second-order valence-corrected chi connectivity index (χ2v) is 7.72. The minimum absolute atomic E-state index is 0.0296. The molecule has 0 aliphatic heterocycles. The van der Waals surface area contributed by atoms with Crippen molar-refractivity contribution >= 4 is 60.5 Å². The Morgan fingerprint density at radius 1 is 1.14 bits per heavy atom. The van der Waals surface area contributed by atoms with Crippen molar-refractivity contribution in [3.05, 3.63) is 50.4 Å². The number of hydrogen-bond donors (Lipinski definition) is 2. The molecule has 0 fully saturated rings. The molecule has 0 saturated heterocycles. The summed E-state index contributed by atoms with van der Waals surface area (Å²) in [5.41, 5.74) is 7.45. The summed E-state index contributed by atoms with van der Waals surface area (Å²) in [4.78, 5) is -0.173. The van der Waals surface area contributed by atoms with Gasteiger partial charge in [0.15, 0.2) is 0 Å². The van der Waals surface area contributed by atoms with Crippen molar-refractivity contribution in [2.45, 2.75) is 11.8 Å². The lowest BCUT2D eigenvalue weighted by atomic mass is 10.2. The Bertz CT molecular complexity index is 787. The summed E-state index contributed by atoms with van der Waals surface area (Å²) in [6.07, 6.45) is 0. The van der Waals surface area contributed by atoms with Crippen LogP contribution in [-0.2, 0) is 10.0 Å². The summed E-state index contributed by atoms with van der Waals surface area (Å²) < 4.78 is 27.8. The quantitative estimate of drug-likeness (QED) is 0.735. The van der Waals surface area contributed by atoms with Crippen molar-refractivity contribution in [3.63, 3.8) is 0 Å². The van der Waals surface area contributed by atoms with E-state index >= 15 is 0 Å². The summed E-state index contributed by atoms with van der Waals surface area (Å²) in [7, 11) is -3.91. The molecule has 112 valence electrons. The smallest absolute Gasteiger partial charge is 0.264 e. The lowest BCUT2D eigenvalue weighted by Crippen LogP contribution is -2.14. The van der Waals surface area contributed by atoms with Crippen molar-refractivity contribution in [1.29, 1.82) is 0 Å². The molecule has 0 amide bonds. The van der Waals surface area contributed by atoms with E-state index in [0.29, 0.717) is 15.8 Å². The molecule has 0 spiro atoms. The van der Waals surface area contributed by atoms with E-state index in [1.54, 1.807) is 12.1 Å². The molecule has 21 heavy (non-hydrogen) atoms. The Kier molecular flexibility index (Phi) is 4.72. The fraction of sp³-hybridized carbons (Fsp3) is 0.0769. The van der Waals surface area contributed by atoms with Crippen LogP contribution in [0.1, 0.15) is 5.56 Å². The zero-order valence-corrected chi connectivity index (χ0v) is 14.7. The van der Waals surface area contributed by atoms with Crippen LogP contribution in [0.4, 0.5) is 11.4 Å². The number of sulfonamides is 1. The molecular weight excluding hydrogens is 399 g/mol. The highest BCUT2D eigenvalue weighted by atomic mass is 79.9. The van der Waals surface area contributed by atoms with E-state index < -0.39 is 10.0 Å². The molecule has 0 heterocycles. The van der Waals surface area contributed by atoms with Crippen LogP contribution in [0.5, 0.6) is 0 Å². The van der Waals surface area contributed by atoms with Crippen LogP contribution in [0.15, 0.2) is 39.7 Å². The normalized spacial score (nSPS) is 11.4. The fourth-order valence-electron chi connectivity index (χ4n) is 1.70. The number of nitrogens with two attached hydrogens (primary N) is 1. The number of anilines is 2. The van der Waals surface area contributed by atoms with Gasteiger partial charge in [0.2, 0.25) is 0 Å². The van der Waals surface area contributed by atoms with E-state index in [-0.39, 0.29) is 14.9 Å². The Hall–Kier alpha value is -0.950. The predicted molar refractivity (Wildman–Crippen MR) is 90.6 cm³/mol. The Labute approximate surface area is 141 Å². The SMILES string of the molecule is Cc1ccc(NS(=O)(=O)c2c(Cl)cc(Br)cc2Cl)cc1N. The van der Waals surface area contributed by atoms with Crippen molar-refractivity contribution < 1.29 is 8.42 Å². The third-order valence-electron chi connectivity index (χ3n) is 2.76. The van der Waals surface area contributed by atoms with Gasteiger partial charge in [0.25, 0.3) is 10.0 Å². The maximum absolute atomic E-state index is 12.4. The molecule has 2 aromatic carbocycles. The van der Waals surface area contributed by atoms with Crippen LogP contribution < -0.4 is 10.5 Å². The molecule has 8 heteroatoms. The first kappa shape index (κ1) is 16.4. The molecule has 0 aromatic heterocycles. The van der Waals surface area contributed by atoms with Crippen LogP contribution in [0, 0.1) is 6.92 Å². The average Bonchev–Trinajstić information content (AvgIpc) is 2.31. The zero-order chi connectivity index (χ0) is 15.8. The Balaban J connectivity index is 2.46. The van der Waals surface area contributed by atoms with E-state index in [9.17, 15) is 8.42 Å². The third kappa shape index (κ3) is 3.63. The van der Waals surface area contributed by atoms with Gasteiger partial charge in [-0.05, 0) is 36.8 Å². The number of benzene rings is 2. The molecule has 4 nitrogen and oxygen atoms in total. The number of halogens is 3. The summed E-state index contributed by atoms with van der Waals surface area (Å²) in [6, 6.07) is 7.80. The van der Waals surface area contributed by atoms with Crippen LogP contribution in [0.25, 0.3) is 0 Å². The minimum Gasteiger partial charge on any atom is -0.398 e. The minimum atomic E-state index is -3.91. The standard InChI is InChI=1S/C13H11BrCl2N2O2S/c1-7-2-3-9(6-12(7)17)18-21(19,20)13-10(15)4-8(14)5-11(13)16/h2-6,18H,17H2,1H3. The van der Waals surface area contributed by atoms with Crippen molar-refractivity contribution in [1.82, 2.24) is 0 Å². The van der Waals surface area contributed by atoms with E-state index in [1.807, 2.05) is 6.92 Å². The zero-order valence-electron chi connectivity index (χ0n) is 10.8. The lowest BCUT2D eigenvalue weighted by Gasteiger charge is -2.12. The second kappa shape index (κ2) is 6.04. The first-order valence-electron chi connectivity index (χ1n) is 5.74. The van der Waals surface area contributed by atoms with Crippen LogP contribution in [-0.4, -0.2) is 8.42 Å². The van der Waals surface area contributed by atoms with Crippen LogP contribution in [0.2, 0.25) is 10.0 Å². The van der Waals surface area contributed by atoms with Gasteiger partial charge in [-0.25, -0.2) is 8.42 Å². The molecule has 2 rings (SSSR count). The van der Waals surface area contributed by atoms with Crippen molar-refractivity contribution in [2.75, 3.05) is 10.5 Å². The topological polar surface area (TPSA) is 72.2 Å². The number of rotatable bonds is 3. The van der Waals surface area contributed by atoms with Gasteiger partial charge < -0.3 is 5.73 Å². The number of aryl methyl sites for hydroxylation is 1. The summed E-state index contributed by atoms with van der Waals surface area (Å²) in [5, 5.41) is 0.0592. The molecule has 0 atom stereocenters. The first-order valence-corrected chi connectivity index (χ1v) is 8.77. The van der Waals surface area contributed by atoms with E-state index in [2.05, 4.69) is 20.7 Å². The van der Waals surface area contributed by atoms with Gasteiger partial charge in [-0.2, -0.15) is 0 Å². The summed E-state index contributed by atoms with van der Waals surface area (Å²) >= 11 is 15.2. The van der Waals surface area contributed by atoms with Gasteiger partial charge in [0.05, 0.1) is 15.7 Å². The largest absolute Gasteiger partial charge is 0.398 e. The molecule has 0 radical (unpaired) electrons. The van der Waals surface area contributed by atoms with Crippen molar-refractivity contribution in [2.24, 2.45) is 0 Å². The summed E-state index contributed by atoms with van der Waals surface area (Å²) in [5.74, 6) is 0. The highest BCUT2D eigenvalue weighted by Gasteiger charge is 2.22.